The van der Waals surface area contributed by atoms with E-state index in [0.29, 0.717) is 17.2 Å². The molecule has 10 heteroatoms. The molecule has 2 atom stereocenters. The minimum absolute atomic E-state index is 0.0105. The molecule has 34 heavy (non-hydrogen) atoms. The number of nitrogens with one attached hydrogen (secondary N) is 1. The first-order valence-corrected chi connectivity index (χ1v) is 10.9. The summed E-state index contributed by atoms with van der Waals surface area (Å²) in [6.07, 6.45) is 2.53. The van der Waals surface area contributed by atoms with Gasteiger partial charge in [-0.1, -0.05) is 19.1 Å². The third-order valence-electron chi connectivity index (χ3n) is 5.96. The standard InChI is InChI=1S/C24H21F3N6O/c1-2-14-3-6-17(7-4-14)29-24(34)23-31-30-21-11-28-22(13-33(21)23)32-12-16(26)10-20(32)18-9-15(25)5-8-19(18)27/h3-9,11,13,16,20H,2,10,12H2,1H3,(H,29,34)/t16-,20+/m0/s1. The van der Waals surface area contributed by atoms with Gasteiger partial charge in [0.15, 0.2) is 5.65 Å². The third kappa shape index (κ3) is 4.07. The number of benzene rings is 2. The molecule has 0 aliphatic carbocycles. The lowest BCUT2D eigenvalue weighted by Crippen LogP contribution is -2.26. The van der Waals surface area contributed by atoms with Crippen LogP contribution >= 0.6 is 0 Å². The number of fused-ring (bicyclic) bond motifs is 1. The first-order valence-electron chi connectivity index (χ1n) is 10.9. The number of alkyl halides is 1. The molecule has 5 rings (SSSR count). The van der Waals surface area contributed by atoms with Crippen molar-refractivity contribution < 1.29 is 18.0 Å². The number of hydrogen-bond acceptors (Lipinski definition) is 5. The molecule has 7 nitrogen and oxygen atoms in total. The van der Waals surface area contributed by atoms with E-state index in [-0.39, 0.29) is 24.4 Å². The molecule has 1 fully saturated rings. The van der Waals surface area contributed by atoms with Gasteiger partial charge in [0.2, 0.25) is 5.82 Å². The van der Waals surface area contributed by atoms with Crippen LogP contribution in [0, 0.1) is 11.6 Å². The van der Waals surface area contributed by atoms with Crippen molar-refractivity contribution in [3.8, 4) is 0 Å². The summed E-state index contributed by atoms with van der Waals surface area (Å²) in [7, 11) is 0. The van der Waals surface area contributed by atoms with Crippen LogP contribution in [0.3, 0.4) is 0 Å². The van der Waals surface area contributed by atoms with Gasteiger partial charge in [-0.15, -0.1) is 10.2 Å². The summed E-state index contributed by atoms with van der Waals surface area (Å²) in [4.78, 5) is 18.8. The fraction of sp³-hybridized carbons (Fsp3) is 0.250. The quantitative estimate of drug-likeness (QED) is 0.469. The van der Waals surface area contributed by atoms with Crippen molar-refractivity contribution >= 4 is 23.1 Å². The van der Waals surface area contributed by atoms with Gasteiger partial charge in [0, 0.05) is 17.7 Å². The van der Waals surface area contributed by atoms with Crippen molar-refractivity contribution in [2.75, 3.05) is 16.8 Å². The van der Waals surface area contributed by atoms with Crippen molar-refractivity contribution in [1.29, 1.82) is 0 Å². The Kier molecular flexibility index (Phi) is 5.64. The van der Waals surface area contributed by atoms with Gasteiger partial charge in [0.05, 0.1) is 25.0 Å². The molecule has 2 aromatic heterocycles. The molecule has 1 aliphatic heterocycles. The fourth-order valence-electron chi connectivity index (χ4n) is 4.21. The van der Waals surface area contributed by atoms with Crippen molar-refractivity contribution in [1.82, 2.24) is 19.6 Å². The predicted octanol–water partition coefficient (Wildman–Crippen LogP) is 4.51. The first kappa shape index (κ1) is 21.9. The molecule has 0 bridgehead atoms. The summed E-state index contributed by atoms with van der Waals surface area (Å²) in [6.45, 7) is 1.99. The molecule has 0 unspecified atom stereocenters. The number of rotatable bonds is 5. The van der Waals surface area contributed by atoms with E-state index in [0.717, 1.165) is 30.2 Å². The Bertz CT molecular complexity index is 1360. The number of halogens is 3. The Morgan fingerprint density at radius 2 is 1.94 bits per heavy atom. The highest BCUT2D eigenvalue weighted by molar-refractivity contribution is 6.02. The number of hydrogen-bond donors (Lipinski definition) is 1. The number of carbonyl (C=O) groups is 1. The van der Waals surface area contributed by atoms with E-state index in [1.807, 2.05) is 19.1 Å². The summed E-state index contributed by atoms with van der Waals surface area (Å²) < 4.78 is 44.1. The van der Waals surface area contributed by atoms with Crippen LogP contribution in [0.5, 0.6) is 0 Å². The van der Waals surface area contributed by atoms with Gasteiger partial charge >= 0.3 is 0 Å². The molecule has 0 radical (unpaired) electrons. The molecule has 2 aromatic carbocycles. The van der Waals surface area contributed by atoms with E-state index in [9.17, 15) is 18.0 Å². The summed E-state index contributed by atoms with van der Waals surface area (Å²) >= 11 is 0. The Hall–Kier alpha value is -3.95. The van der Waals surface area contributed by atoms with Crippen LogP contribution < -0.4 is 10.2 Å². The van der Waals surface area contributed by atoms with Gasteiger partial charge in [0.25, 0.3) is 5.91 Å². The number of amides is 1. The zero-order valence-electron chi connectivity index (χ0n) is 18.3. The molecule has 1 amide bonds. The Balaban J connectivity index is 1.47. The molecule has 1 N–H and O–H groups in total. The van der Waals surface area contributed by atoms with E-state index in [1.54, 1.807) is 17.0 Å². The molecule has 0 saturated carbocycles. The minimum Gasteiger partial charge on any atom is -0.345 e. The number of anilines is 2. The van der Waals surface area contributed by atoms with E-state index in [1.165, 1.54) is 16.8 Å². The second kappa shape index (κ2) is 8.77. The van der Waals surface area contributed by atoms with Gasteiger partial charge in [-0.2, -0.15) is 0 Å². The molecule has 1 aliphatic rings. The second-order valence-corrected chi connectivity index (χ2v) is 8.17. The number of aryl methyl sites for hydroxylation is 1. The Morgan fingerprint density at radius 3 is 2.71 bits per heavy atom. The lowest BCUT2D eigenvalue weighted by molar-refractivity contribution is 0.101. The number of nitrogens with zero attached hydrogens (tertiary/aromatic N) is 5. The normalized spacial score (nSPS) is 17.9. The molecule has 3 heterocycles. The van der Waals surface area contributed by atoms with Crippen LogP contribution in [0.4, 0.5) is 24.7 Å². The average molecular weight is 466 g/mol. The Labute approximate surface area is 193 Å². The largest absolute Gasteiger partial charge is 0.345 e. The van der Waals surface area contributed by atoms with Gasteiger partial charge in [-0.3, -0.25) is 9.20 Å². The highest BCUT2D eigenvalue weighted by atomic mass is 19.1. The maximum absolute atomic E-state index is 14.5. The lowest BCUT2D eigenvalue weighted by Gasteiger charge is -2.26. The summed E-state index contributed by atoms with van der Waals surface area (Å²) in [6, 6.07) is 9.82. The number of carbonyl (C=O) groups excluding carboxylic acids is 1. The summed E-state index contributed by atoms with van der Waals surface area (Å²) in [5.74, 6) is -1.39. The highest BCUT2D eigenvalue weighted by Gasteiger charge is 2.36. The fourth-order valence-corrected chi connectivity index (χ4v) is 4.21. The van der Waals surface area contributed by atoms with E-state index in [4.69, 9.17) is 0 Å². The molecular formula is C24H21F3N6O. The maximum atomic E-state index is 14.5. The SMILES string of the molecule is CCc1ccc(NC(=O)c2nnc3cnc(N4C[C@@H](F)C[C@@H]4c4cc(F)ccc4F)cn23)cc1. The van der Waals surface area contributed by atoms with E-state index in [2.05, 4.69) is 20.5 Å². The molecule has 174 valence electrons. The lowest BCUT2D eigenvalue weighted by atomic mass is 10.0. The third-order valence-corrected chi connectivity index (χ3v) is 5.96. The van der Waals surface area contributed by atoms with Crippen LogP contribution in [-0.2, 0) is 6.42 Å². The van der Waals surface area contributed by atoms with Crippen molar-refractivity contribution in [3.63, 3.8) is 0 Å². The summed E-state index contributed by atoms with van der Waals surface area (Å²) in [5, 5.41) is 10.7. The van der Waals surface area contributed by atoms with E-state index < -0.39 is 29.8 Å². The first-order chi connectivity index (χ1) is 16.4. The minimum atomic E-state index is -1.25. The maximum Gasteiger partial charge on any atom is 0.293 e. The van der Waals surface area contributed by atoms with Gasteiger partial charge in [-0.05, 0) is 42.3 Å². The van der Waals surface area contributed by atoms with Crippen molar-refractivity contribution in [2.24, 2.45) is 0 Å². The van der Waals surface area contributed by atoms with Gasteiger partial charge in [0.1, 0.15) is 23.6 Å². The smallest absolute Gasteiger partial charge is 0.293 e. The Morgan fingerprint density at radius 1 is 1.15 bits per heavy atom. The topological polar surface area (TPSA) is 75.4 Å². The predicted molar refractivity (Wildman–Crippen MR) is 121 cm³/mol. The zero-order valence-corrected chi connectivity index (χ0v) is 18.3. The highest BCUT2D eigenvalue weighted by Crippen LogP contribution is 2.38. The summed E-state index contributed by atoms with van der Waals surface area (Å²) in [5.41, 5.74) is 2.12. The second-order valence-electron chi connectivity index (χ2n) is 8.17. The zero-order chi connectivity index (χ0) is 23.8. The van der Waals surface area contributed by atoms with E-state index >= 15 is 0 Å². The van der Waals surface area contributed by atoms with Crippen LogP contribution in [-0.4, -0.2) is 38.2 Å². The van der Waals surface area contributed by atoms with Crippen LogP contribution in [0.25, 0.3) is 5.65 Å². The number of aromatic nitrogens is 4. The van der Waals surface area contributed by atoms with Crippen LogP contribution in [0.1, 0.15) is 41.1 Å². The average Bonchev–Trinajstić information content (AvgIpc) is 3.44. The molecule has 1 saturated heterocycles. The van der Waals surface area contributed by atoms with Gasteiger partial charge < -0.3 is 10.2 Å². The molecular weight excluding hydrogens is 445 g/mol. The monoisotopic (exact) mass is 466 g/mol. The van der Waals surface area contributed by atoms with Gasteiger partial charge in [-0.25, -0.2) is 18.2 Å². The molecule has 0 spiro atoms. The van der Waals surface area contributed by atoms with Crippen LogP contribution in [0.2, 0.25) is 0 Å². The van der Waals surface area contributed by atoms with Crippen LogP contribution in [0.15, 0.2) is 54.9 Å². The molecule has 4 aromatic rings. The van der Waals surface area contributed by atoms with Crippen molar-refractivity contribution in [2.45, 2.75) is 32.0 Å². The van der Waals surface area contributed by atoms with Crippen molar-refractivity contribution in [3.05, 3.63) is 83.4 Å².